The van der Waals surface area contributed by atoms with Crippen LogP contribution in [0.15, 0.2) is 71.2 Å². The number of aliphatic imine (C=N–C) groups is 1. The lowest BCUT2D eigenvalue weighted by Crippen LogP contribution is -2.37. The van der Waals surface area contributed by atoms with Crippen molar-refractivity contribution >= 4 is 17.5 Å². The van der Waals surface area contributed by atoms with Crippen molar-refractivity contribution < 1.29 is 19.4 Å². The fourth-order valence-electron chi connectivity index (χ4n) is 4.01. The number of carboxylic acids is 1. The predicted molar refractivity (Wildman–Crippen MR) is 115 cm³/mol. The van der Waals surface area contributed by atoms with Crippen LogP contribution >= 0.6 is 0 Å². The lowest BCUT2D eigenvalue weighted by molar-refractivity contribution is -0.111. The summed E-state index contributed by atoms with van der Waals surface area (Å²) in [5, 5.41) is 17.7. The van der Waals surface area contributed by atoms with E-state index in [4.69, 9.17) is 9.73 Å². The van der Waals surface area contributed by atoms with Crippen LogP contribution in [0, 0.1) is 0 Å². The van der Waals surface area contributed by atoms with E-state index in [9.17, 15) is 14.7 Å². The van der Waals surface area contributed by atoms with E-state index in [0.717, 1.165) is 5.56 Å². The van der Waals surface area contributed by atoms with E-state index in [2.05, 4.69) is 15.2 Å². The van der Waals surface area contributed by atoms with Crippen molar-refractivity contribution in [1.29, 1.82) is 0 Å². The number of benzene rings is 1. The number of ketones is 1. The Labute approximate surface area is 184 Å². The van der Waals surface area contributed by atoms with Crippen LogP contribution in [0.25, 0.3) is 0 Å². The molecule has 1 saturated heterocycles. The summed E-state index contributed by atoms with van der Waals surface area (Å²) in [6.07, 6.45) is 8.98. The highest BCUT2D eigenvalue weighted by molar-refractivity contribution is 6.30. The quantitative estimate of drug-likeness (QED) is 0.769. The van der Waals surface area contributed by atoms with Crippen molar-refractivity contribution in [2.75, 3.05) is 26.3 Å². The molecule has 0 spiro atoms. The molecule has 1 atom stereocenters. The summed E-state index contributed by atoms with van der Waals surface area (Å²) >= 11 is 0. The number of ether oxygens (including phenoxy) is 1. The van der Waals surface area contributed by atoms with Crippen molar-refractivity contribution in [3.05, 3.63) is 83.0 Å². The number of nitrogens with zero attached hydrogens (tertiary/aromatic N) is 5. The lowest BCUT2D eigenvalue weighted by atomic mass is 9.86. The van der Waals surface area contributed by atoms with Crippen LogP contribution < -0.4 is 0 Å². The molecule has 0 bridgehead atoms. The molecule has 1 fully saturated rings. The zero-order chi connectivity index (χ0) is 22.1. The number of morpholine rings is 1. The number of aromatic carboxylic acids is 1. The Morgan fingerprint density at radius 1 is 1.25 bits per heavy atom. The first-order chi connectivity index (χ1) is 15.6. The van der Waals surface area contributed by atoms with E-state index >= 15 is 0 Å². The third-order valence-corrected chi connectivity index (χ3v) is 5.63. The number of carboxylic acid groups (broad SMARTS) is 1. The standard InChI is InChI=1S/C23H21N5O4/c29-20-12-21(27-7-9-32-10-8-27)24-22-17(5-2-6-18(20)22)19-14-28(26-25-19)13-15-3-1-4-16(11-15)23(30)31/h1-6,11-12,14,17H,7-10,13H2,(H,30,31). The Morgan fingerprint density at radius 3 is 2.91 bits per heavy atom. The maximum Gasteiger partial charge on any atom is 0.335 e. The van der Waals surface area contributed by atoms with Gasteiger partial charge in [0.15, 0.2) is 5.78 Å². The van der Waals surface area contributed by atoms with E-state index in [1.807, 2.05) is 24.4 Å². The Morgan fingerprint density at radius 2 is 2.09 bits per heavy atom. The molecule has 1 unspecified atom stereocenters. The minimum absolute atomic E-state index is 0.0660. The number of rotatable bonds is 5. The van der Waals surface area contributed by atoms with Gasteiger partial charge in [0.1, 0.15) is 5.82 Å². The van der Waals surface area contributed by atoms with Gasteiger partial charge in [0, 0.05) is 30.9 Å². The lowest BCUT2D eigenvalue weighted by Gasteiger charge is -2.31. The molecule has 2 aromatic rings. The highest BCUT2D eigenvalue weighted by atomic mass is 16.5. The number of aromatic nitrogens is 3. The van der Waals surface area contributed by atoms with Gasteiger partial charge in [0.2, 0.25) is 0 Å². The Bertz CT molecular complexity index is 1200. The van der Waals surface area contributed by atoms with Gasteiger partial charge in [-0.1, -0.05) is 29.5 Å². The monoisotopic (exact) mass is 431 g/mol. The van der Waals surface area contributed by atoms with Gasteiger partial charge in [-0.25, -0.2) is 14.5 Å². The molecule has 0 saturated carbocycles. The summed E-state index contributed by atoms with van der Waals surface area (Å²) in [4.78, 5) is 30.9. The zero-order valence-corrected chi connectivity index (χ0v) is 17.2. The molecule has 32 heavy (non-hydrogen) atoms. The third-order valence-electron chi connectivity index (χ3n) is 5.63. The minimum atomic E-state index is -0.970. The van der Waals surface area contributed by atoms with E-state index in [0.29, 0.717) is 55.6 Å². The topological polar surface area (TPSA) is 110 Å². The normalized spacial score (nSPS) is 20.4. The summed E-state index contributed by atoms with van der Waals surface area (Å²) < 4.78 is 7.07. The van der Waals surface area contributed by atoms with E-state index in [-0.39, 0.29) is 17.3 Å². The predicted octanol–water partition coefficient (Wildman–Crippen LogP) is 1.80. The average molecular weight is 431 g/mol. The molecule has 1 aliphatic carbocycles. The van der Waals surface area contributed by atoms with Crippen LogP contribution in [0.4, 0.5) is 0 Å². The Hall–Kier alpha value is -3.85. The fourth-order valence-corrected chi connectivity index (χ4v) is 4.01. The molecule has 9 heteroatoms. The van der Waals surface area contributed by atoms with Gasteiger partial charge in [-0.3, -0.25) is 4.79 Å². The van der Waals surface area contributed by atoms with Gasteiger partial charge in [-0.2, -0.15) is 0 Å². The van der Waals surface area contributed by atoms with E-state index < -0.39 is 5.97 Å². The van der Waals surface area contributed by atoms with Crippen molar-refractivity contribution in [3.63, 3.8) is 0 Å². The summed E-state index contributed by atoms with van der Waals surface area (Å²) in [6.45, 7) is 3.00. The number of carbonyl (C=O) groups excluding carboxylic acids is 1. The molecule has 9 nitrogen and oxygen atoms in total. The number of carbonyl (C=O) groups is 2. The van der Waals surface area contributed by atoms with Crippen LogP contribution in [-0.2, 0) is 16.1 Å². The number of hydrogen-bond acceptors (Lipinski definition) is 7. The SMILES string of the molecule is O=C1C=C(N2CCOCC2)N=C2C1=CC=CC2c1cn(Cc2cccc(C(=O)O)c2)nn1. The minimum Gasteiger partial charge on any atom is -0.478 e. The fraction of sp³-hybridized carbons (Fsp3) is 0.261. The van der Waals surface area contributed by atoms with Crippen LogP contribution in [0.3, 0.4) is 0 Å². The highest BCUT2D eigenvalue weighted by Gasteiger charge is 2.31. The maximum absolute atomic E-state index is 12.8. The first-order valence-electron chi connectivity index (χ1n) is 10.4. The second kappa shape index (κ2) is 8.35. The summed E-state index contributed by atoms with van der Waals surface area (Å²) in [7, 11) is 0. The van der Waals surface area contributed by atoms with Gasteiger partial charge in [0.25, 0.3) is 0 Å². The molecular formula is C23H21N5O4. The van der Waals surface area contributed by atoms with Gasteiger partial charge in [-0.15, -0.1) is 5.10 Å². The molecule has 1 aromatic heterocycles. The van der Waals surface area contributed by atoms with Crippen LogP contribution in [0.1, 0.15) is 27.5 Å². The van der Waals surface area contributed by atoms with E-state index in [1.165, 1.54) is 0 Å². The van der Waals surface area contributed by atoms with Crippen molar-refractivity contribution in [3.8, 4) is 0 Å². The molecular weight excluding hydrogens is 410 g/mol. The summed E-state index contributed by atoms with van der Waals surface area (Å²) in [5.74, 6) is -0.669. The third kappa shape index (κ3) is 3.90. The average Bonchev–Trinajstić information content (AvgIpc) is 3.27. The molecule has 1 aromatic carbocycles. The molecule has 162 valence electrons. The molecule has 0 amide bonds. The zero-order valence-electron chi connectivity index (χ0n) is 17.2. The van der Waals surface area contributed by atoms with Gasteiger partial charge in [-0.05, 0) is 23.8 Å². The van der Waals surface area contributed by atoms with Crippen LogP contribution in [-0.4, -0.2) is 68.8 Å². The summed E-state index contributed by atoms with van der Waals surface area (Å²) in [5.41, 5.74) is 2.95. The van der Waals surface area contributed by atoms with Crippen molar-refractivity contribution in [2.24, 2.45) is 4.99 Å². The first kappa shape index (κ1) is 20.1. The molecule has 3 heterocycles. The second-order valence-electron chi connectivity index (χ2n) is 7.75. The van der Waals surface area contributed by atoms with Crippen LogP contribution in [0.5, 0.6) is 0 Å². The molecule has 1 N–H and O–H groups in total. The smallest absolute Gasteiger partial charge is 0.335 e. The molecule has 0 radical (unpaired) electrons. The number of fused-ring (bicyclic) bond motifs is 1. The molecule has 2 aliphatic heterocycles. The number of allylic oxidation sites excluding steroid dienone is 5. The highest BCUT2D eigenvalue weighted by Crippen LogP contribution is 2.30. The summed E-state index contributed by atoms with van der Waals surface area (Å²) in [6, 6.07) is 6.73. The first-order valence-corrected chi connectivity index (χ1v) is 10.4. The molecule has 3 aliphatic rings. The van der Waals surface area contributed by atoms with E-state index in [1.54, 1.807) is 35.0 Å². The van der Waals surface area contributed by atoms with Gasteiger partial charge < -0.3 is 14.7 Å². The Balaban J connectivity index is 1.40. The van der Waals surface area contributed by atoms with Gasteiger partial charge in [0.05, 0.1) is 42.6 Å². The van der Waals surface area contributed by atoms with Crippen LogP contribution in [0.2, 0.25) is 0 Å². The van der Waals surface area contributed by atoms with Crippen molar-refractivity contribution in [2.45, 2.75) is 12.5 Å². The number of hydrogen-bond donors (Lipinski definition) is 1. The Kier molecular flexibility index (Phi) is 5.24. The maximum atomic E-state index is 12.8. The molecule has 5 rings (SSSR count). The second-order valence-corrected chi connectivity index (χ2v) is 7.75. The largest absolute Gasteiger partial charge is 0.478 e. The van der Waals surface area contributed by atoms with Gasteiger partial charge >= 0.3 is 5.97 Å². The van der Waals surface area contributed by atoms with Crippen molar-refractivity contribution in [1.82, 2.24) is 19.9 Å².